The van der Waals surface area contributed by atoms with Crippen LogP contribution in [0.1, 0.15) is 50.7 Å². The van der Waals surface area contributed by atoms with Crippen LogP contribution >= 0.6 is 0 Å². The molecule has 108 valence electrons. The number of carbonyl (C=O) groups is 1. The molecule has 1 atom stereocenters. The van der Waals surface area contributed by atoms with Crippen molar-refractivity contribution in [3.63, 3.8) is 0 Å². The molecule has 0 fully saturated rings. The van der Waals surface area contributed by atoms with Crippen LogP contribution in [-0.2, 0) is 11.3 Å². The van der Waals surface area contributed by atoms with Gasteiger partial charge in [-0.25, -0.2) is 0 Å². The first kappa shape index (κ1) is 16.2. The SMILES string of the molecule is CCCCC(CC)C(=O)N(C)Cc1ccc(C#N)cc1. The lowest BCUT2D eigenvalue weighted by Crippen LogP contribution is -2.32. The molecule has 0 aromatic heterocycles. The fourth-order valence-electron chi connectivity index (χ4n) is 2.30. The second kappa shape index (κ2) is 8.37. The third kappa shape index (κ3) is 4.70. The summed E-state index contributed by atoms with van der Waals surface area (Å²) >= 11 is 0. The molecule has 0 aliphatic rings. The Labute approximate surface area is 122 Å². The molecular weight excluding hydrogens is 248 g/mol. The van der Waals surface area contributed by atoms with Gasteiger partial charge in [-0.1, -0.05) is 38.8 Å². The molecule has 0 bridgehead atoms. The number of nitriles is 1. The quantitative estimate of drug-likeness (QED) is 0.759. The highest BCUT2D eigenvalue weighted by Crippen LogP contribution is 2.16. The monoisotopic (exact) mass is 272 g/mol. The summed E-state index contributed by atoms with van der Waals surface area (Å²) in [4.78, 5) is 14.2. The molecule has 0 radical (unpaired) electrons. The van der Waals surface area contributed by atoms with E-state index in [1.165, 1.54) is 0 Å². The number of amides is 1. The van der Waals surface area contributed by atoms with Gasteiger partial charge in [-0.15, -0.1) is 0 Å². The summed E-state index contributed by atoms with van der Waals surface area (Å²) in [5, 5.41) is 8.77. The Morgan fingerprint density at radius 2 is 1.95 bits per heavy atom. The van der Waals surface area contributed by atoms with Gasteiger partial charge in [0.1, 0.15) is 0 Å². The van der Waals surface area contributed by atoms with Gasteiger partial charge in [0.2, 0.25) is 5.91 Å². The van der Waals surface area contributed by atoms with Crippen LogP contribution < -0.4 is 0 Å². The third-order valence-electron chi connectivity index (χ3n) is 3.63. The number of carbonyl (C=O) groups excluding carboxylic acids is 1. The van der Waals surface area contributed by atoms with Crippen LogP contribution in [0.15, 0.2) is 24.3 Å². The molecular formula is C17H24N2O. The number of hydrogen-bond acceptors (Lipinski definition) is 2. The van der Waals surface area contributed by atoms with Gasteiger partial charge in [0, 0.05) is 19.5 Å². The Kier molecular flexibility index (Phi) is 6.79. The number of hydrogen-bond donors (Lipinski definition) is 0. The van der Waals surface area contributed by atoms with Gasteiger partial charge in [0.25, 0.3) is 0 Å². The first-order chi connectivity index (χ1) is 9.62. The van der Waals surface area contributed by atoms with Crippen LogP contribution in [0.2, 0.25) is 0 Å². The predicted molar refractivity (Wildman–Crippen MR) is 80.9 cm³/mol. The number of benzene rings is 1. The van der Waals surface area contributed by atoms with Crippen molar-refractivity contribution in [3.05, 3.63) is 35.4 Å². The molecule has 1 amide bonds. The zero-order valence-electron chi connectivity index (χ0n) is 12.7. The zero-order chi connectivity index (χ0) is 15.0. The van der Waals surface area contributed by atoms with E-state index in [9.17, 15) is 4.79 Å². The van der Waals surface area contributed by atoms with Crippen molar-refractivity contribution < 1.29 is 4.79 Å². The average molecular weight is 272 g/mol. The highest BCUT2D eigenvalue weighted by Gasteiger charge is 2.19. The van der Waals surface area contributed by atoms with E-state index in [-0.39, 0.29) is 11.8 Å². The van der Waals surface area contributed by atoms with Crippen LogP contribution in [0.3, 0.4) is 0 Å². The van der Waals surface area contributed by atoms with Crippen LogP contribution in [0.4, 0.5) is 0 Å². The van der Waals surface area contributed by atoms with Gasteiger partial charge in [-0.2, -0.15) is 5.26 Å². The first-order valence-electron chi connectivity index (χ1n) is 7.36. The Morgan fingerprint density at radius 1 is 1.30 bits per heavy atom. The van der Waals surface area contributed by atoms with E-state index in [4.69, 9.17) is 5.26 Å². The van der Waals surface area contributed by atoms with Gasteiger partial charge in [0.05, 0.1) is 11.6 Å². The van der Waals surface area contributed by atoms with Crippen molar-refractivity contribution in [1.29, 1.82) is 5.26 Å². The van der Waals surface area contributed by atoms with E-state index in [2.05, 4.69) is 19.9 Å². The maximum absolute atomic E-state index is 12.4. The van der Waals surface area contributed by atoms with Crippen molar-refractivity contribution in [1.82, 2.24) is 4.90 Å². The van der Waals surface area contributed by atoms with Crippen LogP contribution in [0.5, 0.6) is 0 Å². The highest BCUT2D eigenvalue weighted by molar-refractivity contribution is 5.78. The van der Waals surface area contributed by atoms with E-state index >= 15 is 0 Å². The number of unbranched alkanes of at least 4 members (excludes halogenated alkanes) is 1. The van der Waals surface area contributed by atoms with Crippen molar-refractivity contribution in [2.45, 2.75) is 46.1 Å². The Morgan fingerprint density at radius 3 is 2.45 bits per heavy atom. The average Bonchev–Trinajstić information content (AvgIpc) is 2.48. The Balaban J connectivity index is 2.61. The van der Waals surface area contributed by atoms with Gasteiger partial charge in [0.15, 0.2) is 0 Å². The minimum Gasteiger partial charge on any atom is -0.341 e. The topological polar surface area (TPSA) is 44.1 Å². The van der Waals surface area contributed by atoms with Crippen LogP contribution in [0.25, 0.3) is 0 Å². The third-order valence-corrected chi connectivity index (χ3v) is 3.63. The maximum atomic E-state index is 12.4. The molecule has 1 aromatic rings. The zero-order valence-corrected chi connectivity index (χ0v) is 12.7. The van der Waals surface area contributed by atoms with Gasteiger partial charge in [-0.3, -0.25) is 4.79 Å². The van der Waals surface area contributed by atoms with E-state index in [0.717, 1.165) is 31.2 Å². The standard InChI is InChI=1S/C17H24N2O/c1-4-6-7-16(5-2)17(20)19(3)13-15-10-8-14(12-18)9-11-15/h8-11,16H,4-7,13H2,1-3H3. The summed E-state index contributed by atoms with van der Waals surface area (Å²) in [5.41, 5.74) is 1.71. The summed E-state index contributed by atoms with van der Waals surface area (Å²) in [6, 6.07) is 9.51. The predicted octanol–water partition coefficient (Wildman–Crippen LogP) is 3.73. The fraction of sp³-hybridized carbons (Fsp3) is 0.529. The lowest BCUT2D eigenvalue weighted by Gasteiger charge is -2.23. The second-order valence-electron chi connectivity index (χ2n) is 5.25. The van der Waals surface area contributed by atoms with Crippen molar-refractivity contribution in [2.75, 3.05) is 7.05 Å². The smallest absolute Gasteiger partial charge is 0.225 e. The normalized spacial score (nSPS) is 11.7. The molecule has 0 saturated heterocycles. The summed E-state index contributed by atoms with van der Waals surface area (Å²) < 4.78 is 0. The molecule has 3 nitrogen and oxygen atoms in total. The summed E-state index contributed by atoms with van der Waals surface area (Å²) in [6.07, 6.45) is 4.11. The van der Waals surface area contributed by atoms with Crippen molar-refractivity contribution >= 4 is 5.91 Å². The fourth-order valence-corrected chi connectivity index (χ4v) is 2.30. The first-order valence-corrected chi connectivity index (χ1v) is 7.36. The molecule has 0 N–H and O–H groups in total. The molecule has 3 heteroatoms. The molecule has 1 rings (SSSR count). The highest BCUT2D eigenvalue weighted by atomic mass is 16.2. The summed E-state index contributed by atoms with van der Waals surface area (Å²) in [5.74, 6) is 0.364. The van der Waals surface area contributed by atoms with Crippen LogP contribution in [0, 0.1) is 17.2 Å². The van der Waals surface area contributed by atoms with E-state index in [0.29, 0.717) is 12.1 Å². The molecule has 0 heterocycles. The van der Waals surface area contributed by atoms with Gasteiger partial charge < -0.3 is 4.90 Å². The molecule has 0 spiro atoms. The minimum absolute atomic E-state index is 0.137. The maximum Gasteiger partial charge on any atom is 0.225 e. The molecule has 1 aromatic carbocycles. The molecule has 20 heavy (non-hydrogen) atoms. The molecule has 0 aliphatic carbocycles. The lowest BCUT2D eigenvalue weighted by atomic mass is 9.97. The second-order valence-corrected chi connectivity index (χ2v) is 5.25. The summed E-state index contributed by atoms with van der Waals surface area (Å²) in [6.45, 7) is 4.83. The lowest BCUT2D eigenvalue weighted by molar-refractivity contribution is -0.135. The molecule has 1 unspecified atom stereocenters. The largest absolute Gasteiger partial charge is 0.341 e. The van der Waals surface area contributed by atoms with Gasteiger partial charge in [-0.05, 0) is 30.5 Å². The van der Waals surface area contributed by atoms with Crippen LogP contribution in [-0.4, -0.2) is 17.9 Å². The van der Waals surface area contributed by atoms with E-state index in [1.54, 1.807) is 17.0 Å². The Hall–Kier alpha value is -1.82. The summed E-state index contributed by atoms with van der Waals surface area (Å²) in [7, 11) is 1.86. The van der Waals surface area contributed by atoms with E-state index < -0.39 is 0 Å². The molecule has 0 aliphatic heterocycles. The van der Waals surface area contributed by atoms with Gasteiger partial charge >= 0.3 is 0 Å². The van der Waals surface area contributed by atoms with Crippen molar-refractivity contribution in [3.8, 4) is 6.07 Å². The Bertz CT molecular complexity index is 459. The molecule has 0 saturated carbocycles. The number of nitrogens with zero attached hydrogens (tertiary/aromatic N) is 2. The van der Waals surface area contributed by atoms with E-state index in [1.807, 2.05) is 19.2 Å². The number of rotatable bonds is 7. The van der Waals surface area contributed by atoms with Crippen molar-refractivity contribution in [2.24, 2.45) is 5.92 Å². The minimum atomic E-state index is 0.137.